The Balaban J connectivity index is 0.00000144. The molecule has 1 saturated carbocycles. The largest absolute Gasteiger partial charge is 0.391 e. The topological polar surface area (TPSA) is 12.0 Å². The van der Waals surface area contributed by atoms with E-state index in [1.807, 2.05) is 0 Å². The van der Waals surface area contributed by atoms with Crippen molar-refractivity contribution in [1.82, 2.24) is 5.32 Å². The molecule has 1 N–H and O–H groups in total. The highest BCUT2D eigenvalue weighted by molar-refractivity contribution is 5.85. The van der Waals surface area contributed by atoms with Crippen LogP contribution in [0.1, 0.15) is 25.7 Å². The molecule has 0 amide bonds. The van der Waals surface area contributed by atoms with E-state index in [9.17, 15) is 13.2 Å². The molecule has 0 saturated heterocycles. The first-order valence-electron chi connectivity index (χ1n) is 4.28. The smallest absolute Gasteiger partial charge is 0.317 e. The second kappa shape index (κ2) is 5.05. The van der Waals surface area contributed by atoms with Crippen molar-refractivity contribution in [3.05, 3.63) is 0 Å². The highest BCUT2D eigenvalue weighted by Crippen LogP contribution is 2.37. The van der Waals surface area contributed by atoms with E-state index in [-0.39, 0.29) is 25.2 Å². The summed E-state index contributed by atoms with van der Waals surface area (Å²) in [5, 5.41) is 3.01. The van der Waals surface area contributed by atoms with Gasteiger partial charge in [0.2, 0.25) is 0 Å². The average molecular weight is 218 g/mol. The predicted molar refractivity (Wildman–Crippen MR) is 48.1 cm³/mol. The van der Waals surface area contributed by atoms with Crippen LogP contribution in [0.2, 0.25) is 0 Å². The van der Waals surface area contributed by atoms with Gasteiger partial charge >= 0.3 is 6.18 Å². The Morgan fingerprint density at radius 2 is 1.54 bits per heavy atom. The van der Waals surface area contributed by atoms with E-state index in [0.717, 1.165) is 0 Å². The van der Waals surface area contributed by atoms with Gasteiger partial charge in [0.05, 0.1) is 5.92 Å². The van der Waals surface area contributed by atoms with Crippen molar-refractivity contribution in [2.24, 2.45) is 5.92 Å². The van der Waals surface area contributed by atoms with Crippen LogP contribution in [0.15, 0.2) is 0 Å². The van der Waals surface area contributed by atoms with Crippen LogP contribution in [0.3, 0.4) is 0 Å². The van der Waals surface area contributed by atoms with Crippen molar-refractivity contribution >= 4 is 12.4 Å². The number of rotatable bonds is 1. The van der Waals surface area contributed by atoms with Gasteiger partial charge in [-0.05, 0) is 32.7 Å². The Kier molecular flexibility index (Phi) is 5.07. The maximum atomic E-state index is 12.2. The second-order valence-corrected chi connectivity index (χ2v) is 3.38. The Hall–Kier alpha value is 0.0400. The van der Waals surface area contributed by atoms with Crippen LogP contribution in [0.25, 0.3) is 0 Å². The maximum Gasteiger partial charge on any atom is 0.391 e. The fraction of sp³-hybridized carbons (Fsp3) is 1.00. The summed E-state index contributed by atoms with van der Waals surface area (Å²) in [7, 11) is 1.80. The first-order valence-corrected chi connectivity index (χ1v) is 4.28. The lowest BCUT2D eigenvalue weighted by Gasteiger charge is -2.29. The van der Waals surface area contributed by atoms with E-state index in [1.54, 1.807) is 7.05 Å². The van der Waals surface area contributed by atoms with Gasteiger partial charge in [0, 0.05) is 6.04 Å². The zero-order valence-corrected chi connectivity index (χ0v) is 8.34. The zero-order valence-electron chi connectivity index (χ0n) is 7.53. The SMILES string of the molecule is CNC1CCC(C(F)(F)F)CC1.Cl. The molecule has 0 unspecified atom stereocenters. The zero-order chi connectivity index (χ0) is 9.19. The molecule has 0 aliphatic heterocycles. The van der Waals surface area contributed by atoms with Crippen molar-refractivity contribution in [3.8, 4) is 0 Å². The summed E-state index contributed by atoms with van der Waals surface area (Å²) in [5.74, 6) is -1.05. The fourth-order valence-corrected chi connectivity index (χ4v) is 1.71. The van der Waals surface area contributed by atoms with E-state index >= 15 is 0 Å². The molecule has 0 aromatic carbocycles. The van der Waals surface area contributed by atoms with E-state index in [0.29, 0.717) is 18.9 Å². The highest BCUT2D eigenvalue weighted by atomic mass is 35.5. The van der Waals surface area contributed by atoms with Gasteiger partial charge in [-0.3, -0.25) is 0 Å². The molecule has 0 radical (unpaired) electrons. The van der Waals surface area contributed by atoms with E-state index in [2.05, 4.69) is 5.32 Å². The minimum Gasteiger partial charge on any atom is -0.317 e. The predicted octanol–water partition coefficient (Wildman–Crippen LogP) is 2.75. The molecule has 1 rings (SSSR count). The molecule has 0 aromatic rings. The van der Waals surface area contributed by atoms with Crippen LogP contribution in [-0.4, -0.2) is 19.3 Å². The van der Waals surface area contributed by atoms with Gasteiger partial charge in [-0.2, -0.15) is 13.2 Å². The van der Waals surface area contributed by atoms with Crippen molar-refractivity contribution in [2.75, 3.05) is 7.05 Å². The Bertz CT molecular complexity index is 141. The van der Waals surface area contributed by atoms with Gasteiger partial charge in [-0.1, -0.05) is 0 Å². The molecule has 0 spiro atoms. The number of nitrogens with one attached hydrogen (secondary N) is 1. The van der Waals surface area contributed by atoms with Gasteiger partial charge in [0.1, 0.15) is 0 Å². The van der Waals surface area contributed by atoms with Gasteiger partial charge in [-0.15, -0.1) is 12.4 Å². The summed E-state index contributed by atoms with van der Waals surface area (Å²) < 4.78 is 36.5. The highest BCUT2D eigenvalue weighted by Gasteiger charge is 2.40. The van der Waals surface area contributed by atoms with Crippen molar-refractivity contribution in [3.63, 3.8) is 0 Å². The number of halogens is 4. The first kappa shape index (κ1) is 13.0. The lowest BCUT2D eigenvalue weighted by molar-refractivity contribution is -0.182. The monoisotopic (exact) mass is 217 g/mol. The summed E-state index contributed by atoms with van der Waals surface area (Å²) in [6.07, 6.45) is -2.09. The molecule has 1 aliphatic carbocycles. The van der Waals surface area contributed by atoms with Crippen LogP contribution in [0.5, 0.6) is 0 Å². The van der Waals surface area contributed by atoms with Crippen LogP contribution in [0, 0.1) is 5.92 Å². The third kappa shape index (κ3) is 3.73. The molecule has 1 fully saturated rings. The molecule has 0 atom stereocenters. The quantitative estimate of drug-likeness (QED) is 0.712. The Morgan fingerprint density at radius 3 is 1.85 bits per heavy atom. The van der Waals surface area contributed by atoms with Crippen LogP contribution in [0.4, 0.5) is 13.2 Å². The standard InChI is InChI=1S/C8H14F3N.ClH/c1-12-7-4-2-6(3-5-7)8(9,10)11;/h6-7,12H,2-5H2,1H3;1H. The lowest BCUT2D eigenvalue weighted by Crippen LogP contribution is -2.35. The van der Waals surface area contributed by atoms with Gasteiger partial charge in [-0.25, -0.2) is 0 Å². The average Bonchev–Trinajstić information content (AvgIpc) is 2.03. The minimum atomic E-state index is -3.97. The van der Waals surface area contributed by atoms with Gasteiger partial charge in [0.15, 0.2) is 0 Å². The number of hydrogen-bond donors (Lipinski definition) is 1. The second-order valence-electron chi connectivity index (χ2n) is 3.38. The summed E-state index contributed by atoms with van der Waals surface area (Å²) >= 11 is 0. The van der Waals surface area contributed by atoms with Gasteiger partial charge < -0.3 is 5.32 Å². The van der Waals surface area contributed by atoms with Crippen LogP contribution < -0.4 is 5.32 Å². The molecule has 13 heavy (non-hydrogen) atoms. The van der Waals surface area contributed by atoms with Crippen LogP contribution in [-0.2, 0) is 0 Å². The van der Waals surface area contributed by atoms with Crippen LogP contribution >= 0.6 is 12.4 Å². The Labute approximate surface area is 82.5 Å². The maximum absolute atomic E-state index is 12.2. The van der Waals surface area contributed by atoms with Gasteiger partial charge in [0.25, 0.3) is 0 Å². The molecular formula is C8H15ClF3N. The molecule has 80 valence electrons. The van der Waals surface area contributed by atoms with E-state index in [1.165, 1.54) is 0 Å². The lowest BCUT2D eigenvalue weighted by atomic mass is 9.86. The number of hydrogen-bond acceptors (Lipinski definition) is 1. The normalized spacial score (nSPS) is 29.5. The minimum absolute atomic E-state index is 0. The van der Waals surface area contributed by atoms with Crippen molar-refractivity contribution in [2.45, 2.75) is 37.9 Å². The molecule has 1 aliphatic rings. The fourth-order valence-electron chi connectivity index (χ4n) is 1.71. The summed E-state index contributed by atoms with van der Waals surface area (Å²) in [4.78, 5) is 0. The number of alkyl halides is 3. The third-order valence-corrected chi connectivity index (χ3v) is 2.60. The molecule has 1 nitrogen and oxygen atoms in total. The molecule has 5 heteroatoms. The van der Waals surface area contributed by atoms with E-state index < -0.39 is 12.1 Å². The summed E-state index contributed by atoms with van der Waals surface area (Å²) in [6, 6.07) is 0.295. The third-order valence-electron chi connectivity index (χ3n) is 2.60. The molecular weight excluding hydrogens is 203 g/mol. The molecule has 0 bridgehead atoms. The Morgan fingerprint density at radius 1 is 1.08 bits per heavy atom. The summed E-state index contributed by atoms with van der Waals surface area (Å²) in [5.41, 5.74) is 0. The first-order chi connectivity index (χ1) is 5.54. The van der Waals surface area contributed by atoms with Crippen molar-refractivity contribution in [1.29, 1.82) is 0 Å². The van der Waals surface area contributed by atoms with Crippen molar-refractivity contribution < 1.29 is 13.2 Å². The molecule has 0 aromatic heterocycles. The summed E-state index contributed by atoms with van der Waals surface area (Å²) in [6.45, 7) is 0. The molecule has 0 heterocycles. The van der Waals surface area contributed by atoms with E-state index in [4.69, 9.17) is 0 Å².